The number of amides is 1. The quantitative estimate of drug-likeness (QED) is 0.506. The number of hydrogen-bond donors (Lipinski definition) is 3. The van der Waals surface area contributed by atoms with E-state index in [1.54, 1.807) is 27.3 Å². The van der Waals surface area contributed by atoms with Gasteiger partial charge in [-0.05, 0) is 30.7 Å². The summed E-state index contributed by atoms with van der Waals surface area (Å²) in [4.78, 5) is 16.2. The fourth-order valence-corrected chi connectivity index (χ4v) is 3.28. The van der Waals surface area contributed by atoms with Crippen LogP contribution in [0.2, 0.25) is 5.02 Å². The van der Waals surface area contributed by atoms with Gasteiger partial charge in [0.25, 0.3) is 5.91 Å². The average Bonchev–Trinajstić information content (AvgIpc) is 3.13. The third-order valence-electron chi connectivity index (χ3n) is 4.13. The lowest BCUT2D eigenvalue weighted by atomic mass is 10.1. The number of aromatic hydroxyl groups is 1. The van der Waals surface area contributed by atoms with E-state index in [0.717, 1.165) is 5.56 Å². The highest BCUT2D eigenvalue weighted by Crippen LogP contribution is 2.37. The molecule has 0 aliphatic rings. The molecule has 25 heavy (non-hydrogen) atoms. The Labute approximate surface area is 146 Å². The van der Waals surface area contributed by atoms with Gasteiger partial charge in [0.1, 0.15) is 22.9 Å². The molecule has 0 unspecified atom stereocenters. The van der Waals surface area contributed by atoms with E-state index in [-0.39, 0.29) is 22.2 Å². The van der Waals surface area contributed by atoms with Crippen LogP contribution < -0.4 is 11.5 Å². The molecule has 1 aromatic carbocycles. The molecular formula is C16H13ClN6O2. The second-order valence-electron chi connectivity index (χ2n) is 5.63. The van der Waals surface area contributed by atoms with Crippen molar-refractivity contribution < 1.29 is 9.90 Å². The van der Waals surface area contributed by atoms with Crippen molar-refractivity contribution in [2.45, 2.75) is 6.92 Å². The largest absolute Gasteiger partial charge is 0.506 e. The fourth-order valence-electron chi connectivity index (χ4n) is 3.07. The summed E-state index contributed by atoms with van der Waals surface area (Å²) >= 11 is 6.26. The van der Waals surface area contributed by atoms with Crippen molar-refractivity contribution in [1.82, 2.24) is 19.2 Å². The third-order valence-corrected chi connectivity index (χ3v) is 4.51. The number of phenols is 1. The number of pyridine rings is 1. The summed E-state index contributed by atoms with van der Waals surface area (Å²) in [5.41, 5.74) is 14.3. The Bertz CT molecular complexity index is 1180. The smallest absolute Gasteiger partial charge is 0.253 e. The van der Waals surface area contributed by atoms with Gasteiger partial charge in [0.15, 0.2) is 11.3 Å². The molecule has 1 amide bonds. The molecule has 0 fully saturated rings. The van der Waals surface area contributed by atoms with Crippen LogP contribution in [0.15, 0.2) is 30.6 Å². The first-order chi connectivity index (χ1) is 11.9. The Hall–Kier alpha value is -3.26. The molecule has 0 aliphatic carbocycles. The number of aromatic nitrogens is 4. The summed E-state index contributed by atoms with van der Waals surface area (Å²) in [5.74, 6) is -0.670. The van der Waals surface area contributed by atoms with Crippen LogP contribution in [0.5, 0.6) is 5.75 Å². The number of nitrogens with two attached hydrogens (primary N) is 2. The number of aryl methyl sites for hydroxylation is 1. The molecule has 4 aromatic rings. The minimum Gasteiger partial charge on any atom is -0.506 e. The Morgan fingerprint density at radius 2 is 2.12 bits per heavy atom. The molecule has 0 bridgehead atoms. The molecule has 0 saturated carbocycles. The SMILES string of the molecule is Cc1cc2c(C(N)=O)c(N)n(-c3cccc(O)c3Cl)c2n2ncnc12. The van der Waals surface area contributed by atoms with Gasteiger partial charge in [-0.2, -0.15) is 9.61 Å². The molecule has 3 heterocycles. The van der Waals surface area contributed by atoms with Crippen LogP contribution in [0, 0.1) is 6.92 Å². The summed E-state index contributed by atoms with van der Waals surface area (Å²) in [5, 5.41) is 14.8. The molecule has 9 heteroatoms. The molecule has 0 saturated heterocycles. The van der Waals surface area contributed by atoms with Gasteiger partial charge in [-0.25, -0.2) is 4.98 Å². The number of rotatable bonds is 2. The number of hydrogen-bond acceptors (Lipinski definition) is 5. The maximum Gasteiger partial charge on any atom is 0.253 e. The zero-order valence-corrected chi connectivity index (χ0v) is 13.8. The lowest BCUT2D eigenvalue weighted by molar-refractivity contribution is 0.100. The van der Waals surface area contributed by atoms with Gasteiger partial charge in [0, 0.05) is 5.39 Å². The summed E-state index contributed by atoms with van der Waals surface area (Å²) in [6.45, 7) is 1.85. The highest BCUT2D eigenvalue weighted by molar-refractivity contribution is 6.34. The van der Waals surface area contributed by atoms with Crippen molar-refractivity contribution in [3.8, 4) is 11.4 Å². The van der Waals surface area contributed by atoms with Crippen LogP contribution in [0.3, 0.4) is 0 Å². The number of phenolic OH excluding ortho intramolecular Hbond substituents is 1. The summed E-state index contributed by atoms with van der Waals surface area (Å²) < 4.78 is 3.10. The van der Waals surface area contributed by atoms with Crippen LogP contribution in [-0.2, 0) is 0 Å². The van der Waals surface area contributed by atoms with Gasteiger partial charge in [-0.1, -0.05) is 17.7 Å². The molecule has 4 rings (SSSR count). The lowest BCUT2D eigenvalue weighted by Gasteiger charge is -2.11. The number of nitrogens with zero attached hydrogens (tertiary/aromatic N) is 4. The first-order valence-electron chi connectivity index (χ1n) is 7.32. The molecule has 0 radical (unpaired) electrons. The van der Waals surface area contributed by atoms with E-state index < -0.39 is 5.91 Å². The van der Waals surface area contributed by atoms with Crippen molar-refractivity contribution in [2.24, 2.45) is 5.73 Å². The summed E-state index contributed by atoms with van der Waals surface area (Å²) in [6, 6.07) is 6.53. The second-order valence-corrected chi connectivity index (χ2v) is 6.01. The van der Waals surface area contributed by atoms with Crippen LogP contribution in [0.4, 0.5) is 5.82 Å². The van der Waals surface area contributed by atoms with Gasteiger partial charge < -0.3 is 16.6 Å². The number of benzene rings is 1. The maximum absolute atomic E-state index is 12.0. The monoisotopic (exact) mass is 356 g/mol. The molecular weight excluding hydrogens is 344 g/mol. The average molecular weight is 357 g/mol. The molecule has 0 spiro atoms. The van der Waals surface area contributed by atoms with Crippen molar-refractivity contribution in [3.63, 3.8) is 0 Å². The minimum absolute atomic E-state index is 0.0935. The van der Waals surface area contributed by atoms with Crippen molar-refractivity contribution in [2.75, 3.05) is 5.73 Å². The van der Waals surface area contributed by atoms with Gasteiger partial charge in [-0.3, -0.25) is 9.36 Å². The zero-order chi connectivity index (χ0) is 17.9. The third kappa shape index (κ3) is 1.97. The topological polar surface area (TPSA) is 124 Å². The van der Waals surface area contributed by atoms with E-state index in [0.29, 0.717) is 22.4 Å². The lowest BCUT2D eigenvalue weighted by Crippen LogP contribution is -2.13. The molecule has 0 atom stereocenters. The van der Waals surface area contributed by atoms with Gasteiger partial charge >= 0.3 is 0 Å². The molecule has 3 aromatic heterocycles. The predicted octanol–water partition coefficient (Wildman–Crippen LogP) is 2.02. The number of primary amides is 1. The number of halogens is 1. The Morgan fingerprint density at radius 1 is 1.36 bits per heavy atom. The Balaban J connectivity index is 2.29. The normalized spacial score (nSPS) is 11.4. The highest BCUT2D eigenvalue weighted by Gasteiger charge is 2.25. The standard InChI is InChI=1S/C16H13ClN6O2/c1-7-5-8-11(14(19)25)13(18)22(9-3-2-4-10(24)12(9)17)16(8)23-15(7)20-6-21-23/h2-6,24H,18H2,1H3,(H2,19,25). The predicted molar refractivity (Wildman–Crippen MR) is 94.2 cm³/mol. The molecule has 8 nitrogen and oxygen atoms in total. The Kier molecular flexibility index (Phi) is 3.13. The molecule has 5 N–H and O–H groups in total. The first-order valence-corrected chi connectivity index (χ1v) is 7.70. The van der Waals surface area contributed by atoms with E-state index >= 15 is 0 Å². The van der Waals surface area contributed by atoms with Gasteiger partial charge in [-0.15, -0.1) is 0 Å². The van der Waals surface area contributed by atoms with Crippen molar-refractivity contribution in [1.29, 1.82) is 0 Å². The van der Waals surface area contributed by atoms with Crippen LogP contribution in [-0.4, -0.2) is 30.2 Å². The number of fused-ring (bicyclic) bond motifs is 3. The minimum atomic E-state index is -0.670. The number of nitrogen functional groups attached to an aromatic ring is 1. The summed E-state index contributed by atoms with van der Waals surface area (Å²) in [7, 11) is 0. The Morgan fingerprint density at radius 3 is 2.84 bits per heavy atom. The van der Waals surface area contributed by atoms with Gasteiger partial charge in [0.2, 0.25) is 0 Å². The number of carbonyl (C=O) groups excluding carboxylic acids is 1. The highest BCUT2D eigenvalue weighted by atomic mass is 35.5. The first kappa shape index (κ1) is 15.3. The fraction of sp³-hybridized carbons (Fsp3) is 0.0625. The maximum atomic E-state index is 12.0. The number of carbonyl (C=O) groups is 1. The van der Waals surface area contributed by atoms with Crippen LogP contribution in [0.1, 0.15) is 15.9 Å². The van der Waals surface area contributed by atoms with E-state index in [9.17, 15) is 9.90 Å². The van der Waals surface area contributed by atoms with E-state index in [2.05, 4.69) is 10.1 Å². The van der Waals surface area contributed by atoms with Crippen LogP contribution in [0.25, 0.3) is 22.4 Å². The molecule has 0 aliphatic heterocycles. The van der Waals surface area contributed by atoms with Crippen molar-refractivity contribution >= 4 is 40.0 Å². The van der Waals surface area contributed by atoms with E-state index in [4.69, 9.17) is 23.1 Å². The second kappa shape index (κ2) is 5.12. The van der Waals surface area contributed by atoms with Crippen LogP contribution >= 0.6 is 11.6 Å². The molecule has 126 valence electrons. The van der Waals surface area contributed by atoms with E-state index in [1.165, 1.54) is 12.4 Å². The van der Waals surface area contributed by atoms with Gasteiger partial charge in [0.05, 0.1) is 11.3 Å². The zero-order valence-electron chi connectivity index (χ0n) is 13.1. The number of anilines is 1. The van der Waals surface area contributed by atoms with E-state index in [1.807, 2.05) is 6.92 Å². The van der Waals surface area contributed by atoms with Crippen molar-refractivity contribution in [3.05, 3.63) is 46.7 Å². The summed E-state index contributed by atoms with van der Waals surface area (Å²) in [6.07, 6.45) is 1.41.